The molecule has 1 unspecified atom stereocenters. The number of pyridine rings is 1. The van der Waals surface area contributed by atoms with Gasteiger partial charge in [-0.25, -0.2) is 9.97 Å². The summed E-state index contributed by atoms with van der Waals surface area (Å²) in [7, 11) is 0. The highest BCUT2D eigenvalue weighted by Crippen LogP contribution is 2.64. The lowest BCUT2D eigenvalue weighted by molar-refractivity contribution is 0.794. The molecule has 2 heterocycles. The minimum atomic E-state index is -0.504. The number of aromatic nitrogens is 3. The largest absolute Gasteiger partial charge is 0.261 e. The Morgan fingerprint density at radius 1 is 0.368 bits per heavy atom. The Morgan fingerprint density at radius 3 is 1.72 bits per heavy atom. The smallest absolute Gasteiger partial charge is 0.160 e. The van der Waals surface area contributed by atoms with Crippen LogP contribution in [0.25, 0.3) is 78.3 Å². The standard InChI is InChI=1S/C54H37N3/c1-34-32-51(38-14-4-3-5-15-38)57-53(56-34)39-29-30-45-44-18-8-10-22-47(44)54(50(45)33-39)48-23-11-9-19-46(48)52-42(20-12-24-49(52)54)37-27-25-36(26-28-37)41-16-6-7-17-43(41)40-21-13-31-55-35(40)2/h3-33H,1-2H3. The van der Waals surface area contributed by atoms with E-state index in [4.69, 9.17) is 9.97 Å². The van der Waals surface area contributed by atoms with Crippen LogP contribution in [0.3, 0.4) is 0 Å². The summed E-state index contributed by atoms with van der Waals surface area (Å²) in [5.41, 5.74) is 21.9. The Morgan fingerprint density at radius 2 is 0.947 bits per heavy atom. The Balaban J connectivity index is 1.09. The van der Waals surface area contributed by atoms with Crippen LogP contribution in [0.5, 0.6) is 0 Å². The third kappa shape index (κ3) is 5.02. The maximum absolute atomic E-state index is 5.15. The van der Waals surface area contributed by atoms with Crippen molar-refractivity contribution in [3.63, 3.8) is 0 Å². The Kier molecular flexibility index (Phi) is 7.52. The van der Waals surface area contributed by atoms with Crippen LogP contribution >= 0.6 is 0 Å². The summed E-state index contributed by atoms with van der Waals surface area (Å²) in [4.78, 5) is 14.7. The van der Waals surface area contributed by atoms with Gasteiger partial charge in [-0.1, -0.05) is 164 Å². The first-order valence-corrected chi connectivity index (χ1v) is 19.6. The fourth-order valence-corrected chi connectivity index (χ4v) is 9.59. The van der Waals surface area contributed by atoms with Crippen molar-refractivity contribution in [1.29, 1.82) is 0 Å². The number of hydrogen-bond donors (Lipinski definition) is 0. The molecule has 0 saturated carbocycles. The fourth-order valence-electron chi connectivity index (χ4n) is 9.59. The van der Waals surface area contributed by atoms with E-state index in [2.05, 4.69) is 189 Å². The van der Waals surface area contributed by atoms with E-state index in [-0.39, 0.29) is 0 Å². The molecule has 0 aliphatic heterocycles. The van der Waals surface area contributed by atoms with Crippen molar-refractivity contribution in [3.05, 3.63) is 222 Å². The van der Waals surface area contributed by atoms with Gasteiger partial charge in [0.05, 0.1) is 11.1 Å². The third-order valence-corrected chi connectivity index (χ3v) is 12.0. The average molecular weight is 728 g/mol. The van der Waals surface area contributed by atoms with Crippen LogP contribution in [0.2, 0.25) is 0 Å². The minimum Gasteiger partial charge on any atom is -0.261 e. The van der Waals surface area contributed by atoms with Gasteiger partial charge in [0.15, 0.2) is 5.82 Å². The van der Waals surface area contributed by atoms with Crippen LogP contribution in [0, 0.1) is 13.8 Å². The molecule has 7 aromatic carbocycles. The number of nitrogens with zero attached hydrogens (tertiary/aromatic N) is 3. The summed E-state index contributed by atoms with van der Waals surface area (Å²) >= 11 is 0. The van der Waals surface area contributed by atoms with Gasteiger partial charge in [0, 0.05) is 34.3 Å². The van der Waals surface area contributed by atoms with Crippen molar-refractivity contribution in [2.45, 2.75) is 19.3 Å². The predicted octanol–water partition coefficient (Wildman–Crippen LogP) is 13.2. The second-order valence-corrected chi connectivity index (χ2v) is 15.2. The molecule has 2 aromatic heterocycles. The molecule has 268 valence electrons. The summed E-state index contributed by atoms with van der Waals surface area (Å²) in [6.07, 6.45) is 1.86. The third-order valence-electron chi connectivity index (χ3n) is 12.0. The molecule has 1 atom stereocenters. The maximum atomic E-state index is 5.15. The monoisotopic (exact) mass is 727 g/mol. The quantitative estimate of drug-likeness (QED) is 0.177. The van der Waals surface area contributed by atoms with E-state index in [9.17, 15) is 0 Å². The normalized spacial score (nSPS) is 14.6. The van der Waals surface area contributed by atoms with Crippen LogP contribution < -0.4 is 0 Å². The van der Waals surface area contributed by atoms with Crippen molar-refractivity contribution < 1.29 is 0 Å². The lowest BCUT2D eigenvalue weighted by atomic mass is 9.70. The molecule has 3 nitrogen and oxygen atoms in total. The van der Waals surface area contributed by atoms with Gasteiger partial charge in [0.2, 0.25) is 0 Å². The molecular weight excluding hydrogens is 691 g/mol. The van der Waals surface area contributed by atoms with Gasteiger partial charge < -0.3 is 0 Å². The van der Waals surface area contributed by atoms with Gasteiger partial charge in [-0.3, -0.25) is 4.98 Å². The van der Waals surface area contributed by atoms with E-state index in [0.29, 0.717) is 0 Å². The minimum absolute atomic E-state index is 0.504. The van der Waals surface area contributed by atoms with Gasteiger partial charge in [-0.05, 0) is 104 Å². The zero-order valence-corrected chi connectivity index (χ0v) is 31.7. The molecule has 0 radical (unpaired) electrons. The van der Waals surface area contributed by atoms with E-state index in [1.807, 2.05) is 18.3 Å². The second-order valence-electron chi connectivity index (χ2n) is 15.2. The van der Waals surface area contributed by atoms with Crippen molar-refractivity contribution in [3.8, 4) is 78.3 Å². The van der Waals surface area contributed by atoms with E-state index in [0.717, 1.165) is 39.6 Å². The summed E-state index contributed by atoms with van der Waals surface area (Å²) in [6.45, 7) is 4.14. The van der Waals surface area contributed by atoms with Crippen molar-refractivity contribution in [2.24, 2.45) is 0 Å². The first-order chi connectivity index (χ1) is 28.1. The lowest BCUT2D eigenvalue weighted by Crippen LogP contribution is -2.26. The van der Waals surface area contributed by atoms with Gasteiger partial charge in [0.25, 0.3) is 0 Å². The highest BCUT2D eigenvalue weighted by molar-refractivity contribution is 6.00. The first kappa shape index (κ1) is 33.1. The molecular formula is C54H37N3. The summed E-state index contributed by atoms with van der Waals surface area (Å²) in [5.74, 6) is 0.739. The van der Waals surface area contributed by atoms with Crippen LogP contribution in [-0.2, 0) is 5.41 Å². The number of benzene rings is 7. The zero-order chi connectivity index (χ0) is 38.1. The van der Waals surface area contributed by atoms with E-state index in [1.165, 1.54) is 72.3 Å². The number of rotatable bonds is 5. The molecule has 57 heavy (non-hydrogen) atoms. The van der Waals surface area contributed by atoms with Crippen molar-refractivity contribution in [2.75, 3.05) is 0 Å². The summed E-state index contributed by atoms with van der Waals surface area (Å²) in [6, 6.07) is 66.2. The molecule has 2 aliphatic rings. The van der Waals surface area contributed by atoms with Gasteiger partial charge in [0.1, 0.15) is 0 Å². The van der Waals surface area contributed by atoms with Crippen molar-refractivity contribution in [1.82, 2.24) is 15.0 Å². The Labute approximate surface area is 333 Å². The molecule has 1 spiro atoms. The zero-order valence-electron chi connectivity index (χ0n) is 31.7. The number of hydrogen-bond acceptors (Lipinski definition) is 3. The molecule has 9 aromatic rings. The first-order valence-electron chi connectivity index (χ1n) is 19.6. The lowest BCUT2D eigenvalue weighted by Gasteiger charge is -2.30. The van der Waals surface area contributed by atoms with Crippen molar-refractivity contribution >= 4 is 0 Å². The number of fused-ring (bicyclic) bond motifs is 10. The van der Waals surface area contributed by atoms with Gasteiger partial charge in [-0.2, -0.15) is 0 Å². The van der Waals surface area contributed by atoms with Gasteiger partial charge >= 0.3 is 0 Å². The molecule has 0 fully saturated rings. The van der Waals surface area contributed by atoms with E-state index < -0.39 is 5.41 Å². The SMILES string of the molecule is Cc1cc(-c2ccccc2)nc(-c2ccc3c(c2)C2(c4ccccc4-3)c3ccccc3-c3c(-c4ccc(-c5ccccc5-c5cccnc5C)cc4)cccc32)n1. The number of aryl methyl sites for hydroxylation is 2. The fraction of sp³-hybridized carbons (Fsp3) is 0.0556. The topological polar surface area (TPSA) is 38.7 Å². The van der Waals surface area contributed by atoms with Crippen LogP contribution in [0.15, 0.2) is 188 Å². The van der Waals surface area contributed by atoms with Crippen LogP contribution in [0.4, 0.5) is 0 Å². The van der Waals surface area contributed by atoms with E-state index in [1.54, 1.807) is 0 Å². The predicted molar refractivity (Wildman–Crippen MR) is 233 cm³/mol. The molecule has 2 aliphatic carbocycles. The maximum Gasteiger partial charge on any atom is 0.160 e. The Bertz CT molecular complexity index is 3040. The molecule has 0 amide bonds. The second kappa shape index (κ2) is 12.9. The van der Waals surface area contributed by atoms with Gasteiger partial charge in [-0.15, -0.1) is 0 Å². The van der Waals surface area contributed by atoms with Crippen LogP contribution in [-0.4, -0.2) is 15.0 Å². The highest BCUT2D eigenvalue weighted by atomic mass is 14.9. The molecule has 0 N–H and O–H groups in total. The summed E-state index contributed by atoms with van der Waals surface area (Å²) in [5, 5.41) is 0. The highest BCUT2D eigenvalue weighted by Gasteiger charge is 2.52. The summed E-state index contributed by atoms with van der Waals surface area (Å²) < 4.78 is 0. The molecule has 0 bridgehead atoms. The Hall–Kier alpha value is -7.23. The molecule has 3 heteroatoms. The van der Waals surface area contributed by atoms with Crippen LogP contribution in [0.1, 0.15) is 33.6 Å². The average Bonchev–Trinajstić information content (AvgIpc) is 3.74. The molecule has 11 rings (SSSR count). The molecule has 0 saturated heterocycles. The van der Waals surface area contributed by atoms with E-state index >= 15 is 0 Å².